The number of thioether (sulfide) groups is 1. The Morgan fingerprint density at radius 3 is 2.04 bits per heavy atom. The Kier molecular flexibility index (Phi) is 14.0. The van der Waals surface area contributed by atoms with Crippen LogP contribution in [0.1, 0.15) is 89.5 Å². The molecule has 1 aromatic carbocycles. The van der Waals surface area contributed by atoms with Crippen LogP contribution in [-0.2, 0) is 4.79 Å². The third-order valence-corrected chi connectivity index (χ3v) is 5.92. The second-order valence-corrected chi connectivity index (χ2v) is 8.50. The first-order valence-corrected chi connectivity index (χ1v) is 11.8. The molecule has 0 aliphatic heterocycles. The number of carbonyl (C=O) groups is 1. The molecule has 0 heterocycles. The van der Waals surface area contributed by atoms with E-state index in [1.54, 1.807) is 6.92 Å². The topological polar surface area (TPSA) is 46.5 Å². The molecule has 1 N–H and O–H groups in total. The maximum Gasteiger partial charge on any atom is 0.310 e. The Bertz CT molecular complexity index is 487. The molecule has 0 spiro atoms. The van der Waals surface area contributed by atoms with E-state index in [0.29, 0.717) is 6.61 Å². The van der Waals surface area contributed by atoms with Gasteiger partial charge in [-0.1, -0.05) is 76.8 Å². The van der Waals surface area contributed by atoms with Crippen molar-refractivity contribution < 1.29 is 14.6 Å². The lowest BCUT2D eigenvalue weighted by Crippen LogP contribution is -2.07. The number of ether oxygens (including phenoxy) is 1. The van der Waals surface area contributed by atoms with Gasteiger partial charge in [-0.05, 0) is 36.8 Å². The Morgan fingerprint density at radius 1 is 0.926 bits per heavy atom. The molecule has 0 amide bonds. The summed E-state index contributed by atoms with van der Waals surface area (Å²) in [5.74, 6) is 1.76. The Balaban J connectivity index is 1.92. The molecule has 1 rings (SSSR count). The third-order valence-electron chi connectivity index (χ3n) is 4.89. The summed E-state index contributed by atoms with van der Waals surface area (Å²) >= 11 is 1.96. The SMILES string of the molecule is CCCCCCCCCCCCSCCOc1ccc(C(C)C(=O)O)cc1. The zero-order valence-electron chi connectivity index (χ0n) is 17.3. The van der Waals surface area contributed by atoms with Gasteiger partial charge in [0, 0.05) is 5.75 Å². The predicted octanol–water partition coefficient (Wildman–Crippen LogP) is 6.91. The first-order chi connectivity index (χ1) is 13.1. The Morgan fingerprint density at radius 2 is 1.48 bits per heavy atom. The summed E-state index contributed by atoms with van der Waals surface area (Å²) in [7, 11) is 0. The van der Waals surface area contributed by atoms with Gasteiger partial charge in [0.25, 0.3) is 0 Å². The van der Waals surface area contributed by atoms with Crippen LogP contribution in [0.2, 0.25) is 0 Å². The quantitative estimate of drug-likeness (QED) is 0.292. The lowest BCUT2D eigenvalue weighted by molar-refractivity contribution is -0.138. The van der Waals surface area contributed by atoms with Crippen molar-refractivity contribution in [3.8, 4) is 5.75 Å². The van der Waals surface area contributed by atoms with Crippen LogP contribution >= 0.6 is 11.8 Å². The highest BCUT2D eigenvalue weighted by Crippen LogP contribution is 2.20. The molecule has 27 heavy (non-hydrogen) atoms. The molecular formula is C23H38O3S. The molecule has 3 nitrogen and oxygen atoms in total. The van der Waals surface area contributed by atoms with Gasteiger partial charge < -0.3 is 9.84 Å². The first kappa shape index (κ1) is 23.9. The molecule has 0 aromatic heterocycles. The van der Waals surface area contributed by atoms with Crippen LogP contribution < -0.4 is 4.74 Å². The van der Waals surface area contributed by atoms with Crippen molar-refractivity contribution in [3.63, 3.8) is 0 Å². The van der Waals surface area contributed by atoms with Gasteiger partial charge >= 0.3 is 5.97 Å². The molecule has 0 bridgehead atoms. The molecular weight excluding hydrogens is 356 g/mol. The van der Waals surface area contributed by atoms with Gasteiger partial charge in [-0.25, -0.2) is 0 Å². The van der Waals surface area contributed by atoms with Crippen molar-refractivity contribution in [2.45, 2.75) is 84.0 Å². The summed E-state index contributed by atoms with van der Waals surface area (Å²) in [6.07, 6.45) is 13.8. The molecule has 0 aliphatic carbocycles. The molecule has 0 radical (unpaired) electrons. The Hall–Kier alpha value is -1.16. The number of hydrogen-bond donors (Lipinski definition) is 1. The molecule has 4 heteroatoms. The number of benzene rings is 1. The second kappa shape index (κ2) is 15.9. The van der Waals surface area contributed by atoms with Crippen LogP contribution in [-0.4, -0.2) is 29.2 Å². The average molecular weight is 395 g/mol. The monoisotopic (exact) mass is 394 g/mol. The van der Waals surface area contributed by atoms with Gasteiger partial charge in [-0.15, -0.1) is 0 Å². The van der Waals surface area contributed by atoms with Crippen molar-refractivity contribution in [1.29, 1.82) is 0 Å². The lowest BCUT2D eigenvalue weighted by Gasteiger charge is -2.09. The third kappa shape index (κ3) is 12.0. The van der Waals surface area contributed by atoms with E-state index in [9.17, 15) is 4.79 Å². The van der Waals surface area contributed by atoms with Crippen molar-refractivity contribution >= 4 is 17.7 Å². The van der Waals surface area contributed by atoms with Crippen LogP contribution in [0.5, 0.6) is 5.75 Å². The average Bonchev–Trinajstić information content (AvgIpc) is 2.68. The van der Waals surface area contributed by atoms with Crippen molar-refractivity contribution in [1.82, 2.24) is 0 Å². The summed E-state index contributed by atoms with van der Waals surface area (Å²) in [5.41, 5.74) is 0.810. The van der Waals surface area contributed by atoms with E-state index in [1.807, 2.05) is 36.0 Å². The summed E-state index contributed by atoms with van der Waals surface area (Å²) < 4.78 is 5.73. The van der Waals surface area contributed by atoms with E-state index in [4.69, 9.17) is 9.84 Å². The maximum atomic E-state index is 11.0. The summed E-state index contributed by atoms with van der Waals surface area (Å²) in [4.78, 5) is 11.0. The standard InChI is InChI=1S/C23H38O3S/c1-3-4-5-6-7-8-9-10-11-12-18-27-19-17-26-22-15-13-21(14-16-22)20(2)23(24)25/h13-16,20H,3-12,17-19H2,1-2H3,(H,24,25). The number of hydrogen-bond acceptors (Lipinski definition) is 3. The van der Waals surface area contributed by atoms with E-state index in [0.717, 1.165) is 17.1 Å². The minimum Gasteiger partial charge on any atom is -0.493 e. The van der Waals surface area contributed by atoms with E-state index in [1.165, 1.54) is 70.0 Å². The van der Waals surface area contributed by atoms with Crippen LogP contribution in [0.4, 0.5) is 0 Å². The number of unbranched alkanes of at least 4 members (excludes halogenated alkanes) is 9. The maximum absolute atomic E-state index is 11.0. The van der Waals surface area contributed by atoms with Crippen LogP contribution in [0, 0.1) is 0 Å². The van der Waals surface area contributed by atoms with Crippen molar-refractivity contribution in [2.75, 3.05) is 18.1 Å². The lowest BCUT2D eigenvalue weighted by atomic mass is 10.0. The number of rotatable bonds is 17. The fourth-order valence-electron chi connectivity index (χ4n) is 3.01. The summed E-state index contributed by atoms with van der Waals surface area (Å²) in [6.45, 7) is 4.67. The summed E-state index contributed by atoms with van der Waals surface area (Å²) in [6, 6.07) is 7.40. The van der Waals surface area contributed by atoms with E-state index < -0.39 is 11.9 Å². The molecule has 1 atom stereocenters. The number of carboxylic acid groups (broad SMARTS) is 1. The largest absolute Gasteiger partial charge is 0.493 e. The molecule has 0 saturated carbocycles. The fraction of sp³-hybridized carbons (Fsp3) is 0.696. The Labute approximate surface area is 170 Å². The highest BCUT2D eigenvalue weighted by Gasteiger charge is 2.12. The van der Waals surface area contributed by atoms with E-state index in [-0.39, 0.29) is 0 Å². The second-order valence-electron chi connectivity index (χ2n) is 7.27. The normalized spacial score (nSPS) is 12.1. The van der Waals surface area contributed by atoms with Gasteiger partial charge in [0.1, 0.15) is 5.75 Å². The number of aliphatic carboxylic acids is 1. The van der Waals surface area contributed by atoms with Gasteiger partial charge in [0.15, 0.2) is 0 Å². The summed E-state index contributed by atoms with van der Waals surface area (Å²) in [5, 5.41) is 9.01. The zero-order valence-corrected chi connectivity index (χ0v) is 18.1. The van der Waals surface area contributed by atoms with Gasteiger partial charge in [-0.2, -0.15) is 11.8 Å². The van der Waals surface area contributed by atoms with Gasteiger partial charge in [0.2, 0.25) is 0 Å². The fourth-order valence-corrected chi connectivity index (χ4v) is 3.82. The van der Waals surface area contributed by atoms with E-state index in [2.05, 4.69) is 6.92 Å². The highest BCUT2D eigenvalue weighted by atomic mass is 32.2. The molecule has 154 valence electrons. The first-order valence-electron chi connectivity index (χ1n) is 10.7. The number of carboxylic acids is 1. The molecule has 1 aromatic rings. The minimum atomic E-state index is -0.799. The van der Waals surface area contributed by atoms with E-state index >= 15 is 0 Å². The molecule has 1 unspecified atom stereocenters. The van der Waals surface area contributed by atoms with Gasteiger partial charge in [0.05, 0.1) is 12.5 Å². The van der Waals surface area contributed by atoms with Crippen LogP contribution in [0.25, 0.3) is 0 Å². The van der Waals surface area contributed by atoms with Crippen LogP contribution in [0.15, 0.2) is 24.3 Å². The van der Waals surface area contributed by atoms with Gasteiger partial charge in [-0.3, -0.25) is 4.79 Å². The zero-order chi connectivity index (χ0) is 19.7. The molecule has 0 aliphatic rings. The minimum absolute atomic E-state index is 0.476. The molecule has 0 saturated heterocycles. The highest BCUT2D eigenvalue weighted by molar-refractivity contribution is 7.99. The van der Waals surface area contributed by atoms with Crippen molar-refractivity contribution in [2.24, 2.45) is 0 Å². The smallest absolute Gasteiger partial charge is 0.310 e. The van der Waals surface area contributed by atoms with Crippen molar-refractivity contribution in [3.05, 3.63) is 29.8 Å². The predicted molar refractivity (Wildman–Crippen MR) is 117 cm³/mol. The van der Waals surface area contributed by atoms with Crippen LogP contribution in [0.3, 0.4) is 0 Å². The molecule has 0 fully saturated rings.